The van der Waals surface area contributed by atoms with Gasteiger partial charge < -0.3 is 9.15 Å². The Balaban J connectivity index is 1.71. The highest BCUT2D eigenvalue weighted by Gasteiger charge is 2.01. The second kappa shape index (κ2) is 6.77. The molecule has 0 fully saturated rings. The van der Waals surface area contributed by atoms with Gasteiger partial charge in [0.15, 0.2) is 0 Å². The Labute approximate surface area is 110 Å². The maximum Gasteiger partial charge on any atom is 0.137 e. The molecule has 3 nitrogen and oxygen atoms in total. The van der Waals surface area contributed by atoms with Gasteiger partial charge in [0, 0.05) is 5.75 Å². The number of para-hydroxylation sites is 1. The predicted octanol–water partition coefficient (Wildman–Crippen LogP) is 3.46. The van der Waals surface area contributed by atoms with Crippen molar-refractivity contribution in [3.8, 4) is 11.8 Å². The molecule has 18 heavy (non-hydrogen) atoms. The molecule has 0 aliphatic carbocycles. The summed E-state index contributed by atoms with van der Waals surface area (Å²) in [4.78, 5) is 0. The second-order valence-electron chi connectivity index (χ2n) is 3.59. The highest BCUT2D eigenvalue weighted by atomic mass is 32.2. The van der Waals surface area contributed by atoms with E-state index in [2.05, 4.69) is 6.07 Å². The number of rotatable bonds is 6. The van der Waals surface area contributed by atoms with Crippen molar-refractivity contribution in [3.05, 3.63) is 54.0 Å². The van der Waals surface area contributed by atoms with Crippen LogP contribution >= 0.6 is 11.8 Å². The Morgan fingerprint density at radius 3 is 2.89 bits per heavy atom. The third kappa shape index (κ3) is 3.57. The van der Waals surface area contributed by atoms with Gasteiger partial charge in [0.05, 0.1) is 24.2 Å². The van der Waals surface area contributed by atoms with Crippen LogP contribution < -0.4 is 4.74 Å². The molecule has 0 radical (unpaired) electrons. The minimum absolute atomic E-state index is 0.577. The number of ether oxygens (including phenoxy) is 1. The second-order valence-corrected chi connectivity index (χ2v) is 4.69. The zero-order chi connectivity index (χ0) is 12.6. The van der Waals surface area contributed by atoms with Crippen LogP contribution in [-0.2, 0) is 5.75 Å². The van der Waals surface area contributed by atoms with E-state index in [1.165, 1.54) is 0 Å². The lowest BCUT2D eigenvalue weighted by Crippen LogP contribution is -2.01. The van der Waals surface area contributed by atoms with Crippen molar-refractivity contribution < 1.29 is 9.15 Å². The van der Waals surface area contributed by atoms with E-state index in [4.69, 9.17) is 14.4 Å². The number of hydrogen-bond donors (Lipinski definition) is 0. The van der Waals surface area contributed by atoms with Gasteiger partial charge in [-0.3, -0.25) is 0 Å². The van der Waals surface area contributed by atoms with E-state index in [9.17, 15) is 0 Å². The molecule has 0 atom stereocenters. The molecule has 0 aliphatic heterocycles. The summed E-state index contributed by atoms with van der Waals surface area (Å²) in [5.74, 6) is 3.33. The van der Waals surface area contributed by atoms with E-state index in [-0.39, 0.29) is 0 Å². The van der Waals surface area contributed by atoms with Gasteiger partial charge in [-0.2, -0.15) is 17.0 Å². The van der Waals surface area contributed by atoms with Crippen molar-refractivity contribution in [3.63, 3.8) is 0 Å². The van der Waals surface area contributed by atoms with E-state index in [1.807, 2.05) is 30.3 Å². The fourth-order valence-corrected chi connectivity index (χ4v) is 2.17. The van der Waals surface area contributed by atoms with Crippen molar-refractivity contribution in [1.29, 1.82) is 5.26 Å². The van der Waals surface area contributed by atoms with E-state index in [0.29, 0.717) is 17.9 Å². The number of nitriles is 1. The first-order valence-corrected chi connectivity index (χ1v) is 6.77. The largest absolute Gasteiger partial charge is 0.491 e. The van der Waals surface area contributed by atoms with Gasteiger partial charge in [-0.25, -0.2) is 0 Å². The molecule has 0 amide bonds. The molecule has 1 heterocycles. The summed E-state index contributed by atoms with van der Waals surface area (Å²) in [6, 6.07) is 13.2. The number of benzene rings is 1. The molecule has 2 rings (SSSR count). The molecular formula is C14H13NO2S. The maximum absolute atomic E-state index is 8.90. The Morgan fingerprint density at radius 1 is 1.22 bits per heavy atom. The number of hydrogen-bond acceptors (Lipinski definition) is 4. The van der Waals surface area contributed by atoms with Crippen LogP contribution in [0.3, 0.4) is 0 Å². The molecule has 0 spiro atoms. The molecule has 1 aromatic carbocycles. The first-order valence-electron chi connectivity index (χ1n) is 5.62. The van der Waals surface area contributed by atoms with Crippen molar-refractivity contribution in [2.45, 2.75) is 5.75 Å². The Bertz CT molecular complexity index is 517. The van der Waals surface area contributed by atoms with Crippen LogP contribution in [-0.4, -0.2) is 12.4 Å². The molecule has 0 saturated heterocycles. The smallest absolute Gasteiger partial charge is 0.137 e. The summed E-state index contributed by atoms with van der Waals surface area (Å²) in [5, 5.41) is 8.90. The van der Waals surface area contributed by atoms with Crippen LogP contribution in [0.1, 0.15) is 11.3 Å². The summed E-state index contributed by atoms with van der Waals surface area (Å²) in [5.41, 5.74) is 0.577. The van der Waals surface area contributed by atoms with Gasteiger partial charge in [-0.15, -0.1) is 0 Å². The Morgan fingerprint density at radius 2 is 2.11 bits per heavy atom. The SMILES string of the molecule is N#Cc1ccccc1OCCSCc1ccco1. The summed E-state index contributed by atoms with van der Waals surface area (Å²) in [6.45, 7) is 0.587. The average Bonchev–Trinajstić information content (AvgIpc) is 2.92. The van der Waals surface area contributed by atoms with Crippen molar-refractivity contribution in [2.24, 2.45) is 0 Å². The third-order valence-corrected chi connectivity index (χ3v) is 3.26. The van der Waals surface area contributed by atoms with Crippen molar-refractivity contribution in [2.75, 3.05) is 12.4 Å². The molecule has 2 aromatic rings. The fraction of sp³-hybridized carbons (Fsp3) is 0.214. The number of nitrogens with zero attached hydrogens (tertiary/aromatic N) is 1. The molecule has 0 bridgehead atoms. The summed E-state index contributed by atoms with van der Waals surface area (Å²) >= 11 is 1.74. The van der Waals surface area contributed by atoms with Crippen LogP contribution in [0.4, 0.5) is 0 Å². The van der Waals surface area contributed by atoms with Gasteiger partial charge in [0.25, 0.3) is 0 Å². The molecule has 92 valence electrons. The van der Waals surface area contributed by atoms with Crippen LogP contribution in [0.15, 0.2) is 47.1 Å². The number of furan rings is 1. The van der Waals surface area contributed by atoms with E-state index < -0.39 is 0 Å². The molecular weight excluding hydrogens is 246 g/mol. The third-order valence-electron chi connectivity index (χ3n) is 2.32. The lowest BCUT2D eigenvalue weighted by molar-refractivity contribution is 0.343. The van der Waals surface area contributed by atoms with Gasteiger partial charge >= 0.3 is 0 Å². The molecule has 0 saturated carbocycles. The normalized spacial score (nSPS) is 9.94. The van der Waals surface area contributed by atoms with E-state index >= 15 is 0 Å². The highest BCUT2D eigenvalue weighted by molar-refractivity contribution is 7.98. The molecule has 0 N–H and O–H groups in total. The molecule has 0 aliphatic rings. The van der Waals surface area contributed by atoms with Crippen LogP contribution in [0, 0.1) is 11.3 Å². The Kier molecular flexibility index (Phi) is 4.74. The minimum Gasteiger partial charge on any atom is -0.491 e. The van der Waals surface area contributed by atoms with Gasteiger partial charge in [-0.1, -0.05) is 12.1 Å². The predicted molar refractivity (Wildman–Crippen MR) is 71.5 cm³/mol. The highest BCUT2D eigenvalue weighted by Crippen LogP contribution is 2.17. The summed E-state index contributed by atoms with van der Waals surface area (Å²) in [7, 11) is 0. The first-order chi connectivity index (χ1) is 8.90. The van der Waals surface area contributed by atoms with E-state index in [1.54, 1.807) is 24.1 Å². The lowest BCUT2D eigenvalue weighted by Gasteiger charge is -2.06. The zero-order valence-electron chi connectivity index (χ0n) is 9.83. The van der Waals surface area contributed by atoms with Crippen molar-refractivity contribution >= 4 is 11.8 Å². The Hall–Kier alpha value is -1.86. The quantitative estimate of drug-likeness (QED) is 0.745. The standard InChI is InChI=1S/C14H13NO2S/c15-10-12-4-1-2-6-14(12)17-8-9-18-11-13-5-3-7-16-13/h1-7H,8-9,11H2. The van der Waals surface area contributed by atoms with Crippen LogP contribution in [0.25, 0.3) is 0 Å². The zero-order valence-corrected chi connectivity index (χ0v) is 10.7. The average molecular weight is 259 g/mol. The molecule has 0 unspecified atom stereocenters. The maximum atomic E-state index is 8.90. The topological polar surface area (TPSA) is 46.2 Å². The van der Waals surface area contributed by atoms with Gasteiger partial charge in [0.2, 0.25) is 0 Å². The fourth-order valence-electron chi connectivity index (χ4n) is 1.46. The van der Waals surface area contributed by atoms with Crippen LogP contribution in [0.5, 0.6) is 5.75 Å². The summed E-state index contributed by atoms with van der Waals surface area (Å²) < 4.78 is 10.8. The van der Waals surface area contributed by atoms with Crippen LogP contribution in [0.2, 0.25) is 0 Å². The van der Waals surface area contributed by atoms with Gasteiger partial charge in [0.1, 0.15) is 17.6 Å². The molecule has 4 heteroatoms. The summed E-state index contributed by atoms with van der Waals surface area (Å²) in [6.07, 6.45) is 1.68. The lowest BCUT2D eigenvalue weighted by atomic mass is 10.2. The number of thioether (sulfide) groups is 1. The molecule has 1 aromatic heterocycles. The first kappa shape index (κ1) is 12.6. The van der Waals surface area contributed by atoms with Gasteiger partial charge in [-0.05, 0) is 24.3 Å². The van der Waals surface area contributed by atoms with Crippen molar-refractivity contribution in [1.82, 2.24) is 0 Å². The van der Waals surface area contributed by atoms with E-state index in [0.717, 1.165) is 17.3 Å². The monoisotopic (exact) mass is 259 g/mol. The minimum atomic E-state index is 0.577.